The largest absolute Gasteiger partial charge is 0.480 e. The zero-order valence-electron chi connectivity index (χ0n) is 14.8. The average Bonchev–Trinajstić information content (AvgIpc) is 3.26. The van der Waals surface area contributed by atoms with Crippen molar-refractivity contribution in [2.75, 3.05) is 19.5 Å². The first-order valence-electron chi connectivity index (χ1n) is 7.57. The Bertz CT molecular complexity index is 1170. The number of nitrogens with zero attached hydrogens (tertiary/aromatic N) is 2. The van der Waals surface area contributed by atoms with Gasteiger partial charge >= 0.3 is 12.0 Å². The van der Waals surface area contributed by atoms with Crippen molar-refractivity contribution < 1.29 is 31.9 Å². The Morgan fingerprint density at radius 2 is 2.00 bits per heavy atom. The van der Waals surface area contributed by atoms with Crippen molar-refractivity contribution in [2.24, 2.45) is 0 Å². The van der Waals surface area contributed by atoms with Crippen LogP contribution in [0.1, 0.15) is 15.4 Å². The van der Waals surface area contributed by atoms with Gasteiger partial charge in [-0.05, 0) is 24.4 Å². The maximum absolute atomic E-state index is 12.4. The number of hydrogen-bond acceptors (Lipinski definition) is 10. The number of carbonyl (C=O) groups is 2. The third-order valence-corrected chi connectivity index (χ3v) is 5.81. The normalized spacial score (nSPS) is 11.2. The van der Waals surface area contributed by atoms with E-state index in [1.807, 2.05) is 0 Å². The van der Waals surface area contributed by atoms with Crippen molar-refractivity contribution in [2.45, 2.75) is 11.8 Å². The van der Waals surface area contributed by atoms with E-state index >= 15 is 0 Å². The number of sulfonamides is 1. The standard InChI is InChI=1S/C15H14N4O7S2/c1-7-6-8-11(24-2)16-14(17-12(8)26-7)18-15(21)19-28(22,23)9-4-5-27-10(9)13(20)25-3/h4-6H,1-3H3,(H2,16,17,18,19,21). The maximum atomic E-state index is 12.4. The van der Waals surface area contributed by atoms with Crippen LogP contribution in [-0.2, 0) is 14.8 Å². The van der Waals surface area contributed by atoms with E-state index in [-0.39, 0.29) is 27.3 Å². The SMILES string of the molecule is COC(=O)c1sccc1S(=O)(=O)NC(=O)Nc1nc(OC)c2cc(C)oc2n1. The first-order valence-corrected chi connectivity index (χ1v) is 9.93. The minimum Gasteiger partial charge on any atom is -0.480 e. The van der Waals surface area contributed by atoms with Crippen molar-refractivity contribution in [3.8, 4) is 5.88 Å². The molecule has 3 heterocycles. The lowest BCUT2D eigenvalue weighted by Crippen LogP contribution is -2.35. The third kappa shape index (κ3) is 3.75. The van der Waals surface area contributed by atoms with E-state index in [9.17, 15) is 18.0 Å². The van der Waals surface area contributed by atoms with Crippen LogP contribution < -0.4 is 14.8 Å². The highest BCUT2D eigenvalue weighted by atomic mass is 32.2. The van der Waals surface area contributed by atoms with Gasteiger partial charge < -0.3 is 13.9 Å². The molecule has 0 atom stereocenters. The second-order valence-corrected chi connectivity index (χ2v) is 7.86. The van der Waals surface area contributed by atoms with E-state index in [0.717, 1.165) is 18.4 Å². The molecule has 0 fully saturated rings. The molecule has 11 nitrogen and oxygen atoms in total. The number of nitrogens with one attached hydrogen (secondary N) is 2. The van der Waals surface area contributed by atoms with Crippen molar-refractivity contribution in [3.05, 3.63) is 28.2 Å². The van der Waals surface area contributed by atoms with Crippen LogP contribution in [0.4, 0.5) is 10.7 Å². The van der Waals surface area contributed by atoms with Gasteiger partial charge in [0.2, 0.25) is 17.5 Å². The molecule has 0 aliphatic carbocycles. The van der Waals surface area contributed by atoms with Crippen molar-refractivity contribution in [1.29, 1.82) is 0 Å². The Balaban J connectivity index is 1.83. The Kier molecular flexibility index (Phi) is 5.20. The fourth-order valence-electron chi connectivity index (χ4n) is 2.28. The molecule has 13 heteroatoms. The van der Waals surface area contributed by atoms with E-state index in [0.29, 0.717) is 11.1 Å². The summed E-state index contributed by atoms with van der Waals surface area (Å²) in [5, 5.41) is 4.08. The summed E-state index contributed by atoms with van der Waals surface area (Å²) in [5.41, 5.74) is 0.160. The van der Waals surface area contributed by atoms with Gasteiger partial charge in [0.15, 0.2) is 0 Å². The quantitative estimate of drug-likeness (QED) is 0.583. The van der Waals surface area contributed by atoms with Crippen LogP contribution in [0, 0.1) is 6.92 Å². The molecule has 3 aromatic heterocycles. The van der Waals surface area contributed by atoms with Crippen LogP contribution in [0.15, 0.2) is 26.8 Å². The van der Waals surface area contributed by atoms with Crippen LogP contribution in [0.2, 0.25) is 0 Å². The second-order valence-electron chi connectivity index (χ2n) is 5.30. The lowest BCUT2D eigenvalue weighted by atomic mass is 10.3. The average molecular weight is 426 g/mol. The fourth-order valence-corrected chi connectivity index (χ4v) is 4.53. The number of fused-ring (bicyclic) bond motifs is 1. The number of ether oxygens (including phenoxy) is 2. The maximum Gasteiger partial charge on any atom is 0.349 e. The molecule has 0 saturated carbocycles. The van der Waals surface area contributed by atoms with Crippen molar-refractivity contribution in [1.82, 2.24) is 14.7 Å². The number of thiophene rings is 1. The van der Waals surface area contributed by atoms with Gasteiger partial charge in [-0.3, -0.25) is 5.32 Å². The number of aromatic nitrogens is 2. The van der Waals surface area contributed by atoms with Crippen LogP contribution in [-0.4, -0.2) is 44.6 Å². The zero-order valence-corrected chi connectivity index (χ0v) is 16.4. The second kappa shape index (κ2) is 7.44. The number of amides is 2. The molecule has 0 radical (unpaired) electrons. The summed E-state index contributed by atoms with van der Waals surface area (Å²) in [5.74, 6) is -0.363. The van der Waals surface area contributed by atoms with Gasteiger partial charge in [-0.1, -0.05) is 0 Å². The Morgan fingerprint density at radius 3 is 2.68 bits per heavy atom. The molecule has 0 aliphatic heterocycles. The molecule has 2 amide bonds. The molecule has 0 spiro atoms. The molecule has 148 valence electrons. The van der Waals surface area contributed by atoms with E-state index in [4.69, 9.17) is 9.15 Å². The summed E-state index contributed by atoms with van der Waals surface area (Å²) < 4.78 is 41.7. The summed E-state index contributed by atoms with van der Waals surface area (Å²) >= 11 is 0.870. The highest BCUT2D eigenvalue weighted by Gasteiger charge is 2.27. The first-order chi connectivity index (χ1) is 13.2. The van der Waals surface area contributed by atoms with Gasteiger partial charge in [-0.25, -0.2) is 22.7 Å². The Morgan fingerprint density at radius 1 is 1.25 bits per heavy atom. The third-order valence-electron chi connectivity index (χ3n) is 3.42. The van der Waals surface area contributed by atoms with Crippen LogP contribution in [0.5, 0.6) is 5.88 Å². The molecule has 0 unspecified atom stereocenters. The number of carbonyl (C=O) groups excluding carboxylic acids is 2. The number of rotatable bonds is 5. The molecule has 28 heavy (non-hydrogen) atoms. The first kappa shape index (κ1) is 19.6. The number of hydrogen-bond donors (Lipinski definition) is 2. The van der Waals surface area contributed by atoms with Crippen molar-refractivity contribution in [3.63, 3.8) is 0 Å². The van der Waals surface area contributed by atoms with Crippen LogP contribution in [0.3, 0.4) is 0 Å². The Hall–Kier alpha value is -3.19. The van der Waals surface area contributed by atoms with Gasteiger partial charge in [-0.2, -0.15) is 9.97 Å². The molecular formula is C15H14N4O7S2. The van der Waals surface area contributed by atoms with E-state index in [2.05, 4.69) is 20.0 Å². The summed E-state index contributed by atoms with van der Waals surface area (Å²) in [6, 6.07) is 1.71. The van der Waals surface area contributed by atoms with Crippen LogP contribution >= 0.6 is 11.3 Å². The Labute approximate surface area is 162 Å². The van der Waals surface area contributed by atoms with Crippen molar-refractivity contribution >= 4 is 50.4 Å². The predicted octanol–water partition coefficient (Wildman–Crippen LogP) is 1.90. The monoisotopic (exact) mass is 426 g/mol. The highest BCUT2D eigenvalue weighted by Crippen LogP contribution is 2.27. The van der Waals surface area contributed by atoms with E-state index in [1.165, 1.54) is 18.6 Å². The number of esters is 1. The van der Waals surface area contributed by atoms with E-state index < -0.39 is 22.0 Å². The number of methoxy groups -OCH3 is 2. The summed E-state index contributed by atoms with van der Waals surface area (Å²) in [4.78, 5) is 31.3. The molecule has 0 aromatic carbocycles. The van der Waals surface area contributed by atoms with E-state index in [1.54, 1.807) is 17.7 Å². The van der Waals surface area contributed by atoms with Gasteiger partial charge in [0.1, 0.15) is 20.9 Å². The lowest BCUT2D eigenvalue weighted by Gasteiger charge is -2.08. The smallest absolute Gasteiger partial charge is 0.349 e. The number of urea groups is 1. The molecular weight excluding hydrogens is 412 g/mol. The molecule has 0 saturated heterocycles. The minimum absolute atomic E-state index is 0.144. The summed E-state index contributed by atoms with van der Waals surface area (Å²) in [7, 11) is -1.84. The minimum atomic E-state index is -4.34. The molecule has 2 N–H and O–H groups in total. The molecule has 3 rings (SSSR count). The number of aryl methyl sites for hydroxylation is 1. The summed E-state index contributed by atoms with van der Waals surface area (Å²) in [6.45, 7) is 1.70. The van der Waals surface area contributed by atoms with Gasteiger partial charge in [-0.15, -0.1) is 11.3 Å². The fraction of sp³-hybridized carbons (Fsp3) is 0.200. The van der Waals surface area contributed by atoms with Gasteiger partial charge in [0.25, 0.3) is 10.0 Å². The highest BCUT2D eigenvalue weighted by molar-refractivity contribution is 7.90. The van der Waals surface area contributed by atoms with Gasteiger partial charge in [0, 0.05) is 0 Å². The molecule has 0 bridgehead atoms. The predicted molar refractivity (Wildman–Crippen MR) is 98.1 cm³/mol. The number of furan rings is 1. The lowest BCUT2D eigenvalue weighted by molar-refractivity contribution is 0.0602. The van der Waals surface area contributed by atoms with Crippen LogP contribution in [0.25, 0.3) is 11.1 Å². The summed E-state index contributed by atoms with van der Waals surface area (Å²) in [6.07, 6.45) is 0. The molecule has 0 aliphatic rings. The topological polar surface area (TPSA) is 150 Å². The zero-order chi connectivity index (χ0) is 20.5. The van der Waals surface area contributed by atoms with Gasteiger partial charge in [0.05, 0.1) is 14.2 Å². The molecule has 3 aromatic rings. The number of anilines is 1.